The number of hydrogen-bond acceptors (Lipinski definition) is 2. The standard InChI is InChI=1S/C14H17F3N2/c15-14(16,17)13(4-5-13)19-8-10-1-2-11-3-6-18-9-12(11)7-10/h1-2,7,18-19H,3-6,8-9H2. The molecule has 1 fully saturated rings. The highest BCUT2D eigenvalue weighted by molar-refractivity contribution is 5.34. The summed E-state index contributed by atoms with van der Waals surface area (Å²) in [5.41, 5.74) is 1.82. The lowest BCUT2D eigenvalue weighted by molar-refractivity contribution is -0.166. The molecule has 0 aromatic heterocycles. The highest BCUT2D eigenvalue weighted by Crippen LogP contribution is 2.49. The Morgan fingerprint density at radius 2 is 2.00 bits per heavy atom. The molecule has 5 heteroatoms. The summed E-state index contributed by atoms with van der Waals surface area (Å²) in [7, 11) is 0. The smallest absolute Gasteiger partial charge is 0.312 e. The SMILES string of the molecule is FC(F)(F)C1(NCc2ccc3c(c2)CNCC3)CC1. The van der Waals surface area contributed by atoms with Crippen molar-refractivity contribution in [1.82, 2.24) is 10.6 Å². The first-order valence-corrected chi connectivity index (χ1v) is 6.63. The monoisotopic (exact) mass is 270 g/mol. The largest absolute Gasteiger partial charge is 0.406 e. The van der Waals surface area contributed by atoms with Gasteiger partial charge in [0, 0.05) is 13.1 Å². The molecule has 1 aliphatic carbocycles. The van der Waals surface area contributed by atoms with Crippen LogP contribution < -0.4 is 10.6 Å². The quantitative estimate of drug-likeness (QED) is 0.882. The minimum atomic E-state index is -4.14. The average molecular weight is 270 g/mol. The van der Waals surface area contributed by atoms with Crippen molar-refractivity contribution in [2.24, 2.45) is 0 Å². The van der Waals surface area contributed by atoms with E-state index in [1.807, 2.05) is 18.2 Å². The first kappa shape index (κ1) is 12.9. The summed E-state index contributed by atoms with van der Waals surface area (Å²) < 4.78 is 38.4. The predicted octanol–water partition coefficient (Wildman–Crippen LogP) is 2.52. The van der Waals surface area contributed by atoms with Gasteiger partial charge in [0.05, 0.1) is 0 Å². The fraction of sp³-hybridized carbons (Fsp3) is 0.571. The predicted molar refractivity (Wildman–Crippen MR) is 66.7 cm³/mol. The second-order valence-corrected chi connectivity index (χ2v) is 5.46. The van der Waals surface area contributed by atoms with Crippen molar-refractivity contribution >= 4 is 0 Å². The molecule has 0 saturated heterocycles. The number of halogens is 3. The minimum Gasteiger partial charge on any atom is -0.312 e. The van der Waals surface area contributed by atoms with Crippen LogP contribution in [0.15, 0.2) is 18.2 Å². The van der Waals surface area contributed by atoms with E-state index in [1.165, 1.54) is 11.1 Å². The highest BCUT2D eigenvalue weighted by atomic mass is 19.4. The molecule has 1 aliphatic heterocycles. The molecule has 0 amide bonds. The number of fused-ring (bicyclic) bond motifs is 1. The molecule has 0 atom stereocenters. The van der Waals surface area contributed by atoms with E-state index in [4.69, 9.17) is 0 Å². The van der Waals surface area contributed by atoms with E-state index in [2.05, 4.69) is 10.6 Å². The third kappa shape index (κ3) is 2.49. The van der Waals surface area contributed by atoms with Crippen molar-refractivity contribution in [2.45, 2.75) is 44.1 Å². The van der Waals surface area contributed by atoms with Gasteiger partial charge in [-0.3, -0.25) is 5.32 Å². The van der Waals surface area contributed by atoms with E-state index in [0.29, 0.717) is 0 Å². The van der Waals surface area contributed by atoms with Crippen molar-refractivity contribution in [2.75, 3.05) is 6.54 Å². The van der Waals surface area contributed by atoms with Crippen LogP contribution >= 0.6 is 0 Å². The number of benzene rings is 1. The molecule has 3 rings (SSSR count). The molecule has 0 bridgehead atoms. The molecular formula is C14H17F3N2. The summed E-state index contributed by atoms with van der Waals surface area (Å²) in [5.74, 6) is 0. The normalized spacial score (nSPS) is 21.0. The van der Waals surface area contributed by atoms with Gasteiger partial charge in [0.2, 0.25) is 0 Å². The zero-order chi connectivity index (χ0) is 13.5. The van der Waals surface area contributed by atoms with E-state index >= 15 is 0 Å². The Morgan fingerprint density at radius 3 is 2.68 bits per heavy atom. The number of nitrogens with one attached hydrogen (secondary N) is 2. The lowest BCUT2D eigenvalue weighted by Crippen LogP contribution is -2.44. The van der Waals surface area contributed by atoms with Crippen molar-refractivity contribution in [3.05, 3.63) is 34.9 Å². The second-order valence-electron chi connectivity index (χ2n) is 5.46. The van der Waals surface area contributed by atoms with E-state index in [1.54, 1.807) is 0 Å². The third-order valence-corrected chi connectivity index (χ3v) is 4.08. The first-order valence-electron chi connectivity index (χ1n) is 6.63. The van der Waals surface area contributed by atoms with Gasteiger partial charge < -0.3 is 5.32 Å². The Hall–Kier alpha value is -1.07. The summed E-state index contributed by atoms with van der Waals surface area (Å²) in [6.45, 7) is 2.07. The van der Waals surface area contributed by atoms with Gasteiger partial charge in [-0.1, -0.05) is 18.2 Å². The van der Waals surface area contributed by atoms with Gasteiger partial charge >= 0.3 is 6.18 Å². The Labute approximate surface area is 110 Å². The van der Waals surface area contributed by atoms with E-state index < -0.39 is 11.7 Å². The average Bonchev–Trinajstić information content (AvgIpc) is 3.17. The van der Waals surface area contributed by atoms with Crippen LogP contribution in [-0.4, -0.2) is 18.3 Å². The van der Waals surface area contributed by atoms with E-state index in [-0.39, 0.29) is 19.4 Å². The molecular weight excluding hydrogens is 253 g/mol. The van der Waals surface area contributed by atoms with Crippen LogP contribution in [0.2, 0.25) is 0 Å². The van der Waals surface area contributed by atoms with Crippen molar-refractivity contribution in [3.63, 3.8) is 0 Å². The van der Waals surface area contributed by atoms with Crippen LogP contribution in [0.1, 0.15) is 29.5 Å². The Morgan fingerprint density at radius 1 is 1.21 bits per heavy atom. The molecule has 2 aliphatic rings. The van der Waals surface area contributed by atoms with Gasteiger partial charge in [-0.2, -0.15) is 13.2 Å². The summed E-state index contributed by atoms with van der Waals surface area (Å²) in [6, 6.07) is 5.99. The second kappa shape index (κ2) is 4.49. The maximum atomic E-state index is 12.8. The molecule has 0 spiro atoms. The van der Waals surface area contributed by atoms with E-state index in [0.717, 1.165) is 25.1 Å². The number of hydrogen-bond donors (Lipinski definition) is 2. The molecule has 0 radical (unpaired) electrons. The molecule has 2 nitrogen and oxygen atoms in total. The van der Waals surface area contributed by atoms with Gasteiger partial charge in [-0.15, -0.1) is 0 Å². The summed E-state index contributed by atoms with van der Waals surface area (Å²) in [6.07, 6.45) is -2.75. The number of alkyl halides is 3. The van der Waals surface area contributed by atoms with Crippen LogP contribution in [0.3, 0.4) is 0 Å². The molecule has 0 unspecified atom stereocenters. The topological polar surface area (TPSA) is 24.1 Å². The van der Waals surface area contributed by atoms with Gasteiger partial charge in [0.1, 0.15) is 5.54 Å². The zero-order valence-corrected chi connectivity index (χ0v) is 10.6. The third-order valence-electron chi connectivity index (χ3n) is 4.08. The molecule has 1 saturated carbocycles. The Bertz CT molecular complexity index is 478. The maximum absolute atomic E-state index is 12.8. The van der Waals surface area contributed by atoms with Crippen LogP contribution in [-0.2, 0) is 19.5 Å². The molecule has 104 valence electrons. The van der Waals surface area contributed by atoms with Gasteiger partial charge in [0.15, 0.2) is 0 Å². The van der Waals surface area contributed by atoms with Gasteiger partial charge in [0.25, 0.3) is 0 Å². The fourth-order valence-corrected chi connectivity index (χ4v) is 2.60. The minimum absolute atomic E-state index is 0.197. The summed E-state index contributed by atoms with van der Waals surface area (Å²) in [5, 5.41) is 5.96. The molecule has 1 aromatic rings. The fourth-order valence-electron chi connectivity index (χ4n) is 2.60. The zero-order valence-electron chi connectivity index (χ0n) is 10.6. The van der Waals surface area contributed by atoms with Crippen LogP contribution in [0.25, 0.3) is 0 Å². The Kier molecular flexibility index (Phi) is 3.06. The van der Waals surface area contributed by atoms with E-state index in [9.17, 15) is 13.2 Å². The Balaban J connectivity index is 1.68. The lowest BCUT2D eigenvalue weighted by Gasteiger charge is -2.22. The molecule has 19 heavy (non-hydrogen) atoms. The molecule has 1 aromatic carbocycles. The van der Waals surface area contributed by atoms with Gasteiger partial charge in [-0.05, 0) is 42.5 Å². The van der Waals surface area contributed by atoms with Crippen molar-refractivity contribution in [3.8, 4) is 0 Å². The van der Waals surface area contributed by atoms with Crippen molar-refractivity contribution < 1.29 is 13.2 Å². The van der Waals surface area contributed by atoms with Crippen LogP contribution in [0.5, 0.6) is 0 Å². The first-order chi connectivity index (χ1) is 9.00. The summed E-state index contributed by atoms with van der Waals surface area (Å²) >= 11 is 0. The van der Waals surface area contributed by atoms with Gasteiger partial charge in [-0.25, -0.2) is 0 Å². The molecule has 1 heterocycles. The van der Waals surface area contributed by atoms with Crippen molar-refractivity contribution in [1.29, 1.82) is 0 Å². The van der Waals surface area contributed by atoms with Crippen LogP contribution in [0.4, 0.5) is 13.2 Å². The maximum Gasteiger partial charge on any atom is 0.406 e. The lowest BCUT2D eigenvalue weighted by atomic mass is 9.98. The van der Waals surface area contributed by atoms with Crippen LogP contribution in [0, 0.1) is 0 Å². The number of rotatable bonds is 3. The highest BCUT2D eigenvalue weighted by Gasteiger charge is 2.62. The summed E-state index contributed by atoms with van der Waals surface area (Å²) in [4.78, 5) is 0. The molecule has 2 N–H and O–H groups in total.